The summed E-state index contributed by atoms with van der Waals surface area (Å²) in [7, 11) is 0. The summed E-state index contributed by atoms with van der Waals surface area (Å²) in [6, 6.07) is 7.09. The van der Waals surface area contributed by atoms with Crippen LogP contribution < -0.4 is 4.90 Å². The lowest BCUT2D eigenvalue weighted by Crippen LogP contribution is -2.46. The zero-order chi connectivity index (χ0) is 11.6. The molecule has 1 nitrogen and oxygen atoms in total. The second-order valence-electron chi connectivity index (χ2n) is 5.11. The van der Waals surface area contributed by atoms with E-state index >= 15 is 0 Å². The van der Waals surface area contributed by atoms with Crippen LogP contribution in [-0.4, -0.2) is 11.6 Å². The van der Waals surface area contributed by atoms with Crippen molar-refractivity contribution >= 4 is 5.69 Å². The summed E-state index contributed by atoms with van der Waals surface area (Å²) in [5.41, 5.74) is 1.12. The minimum Gasteiger partial charge on any atom is -0.364 e. The Kier molecular flexibility index (Phi) is 3.38. The normalized spacial score (nSPS) is 11.9. The molecule has 0 aliphatic carbocycles. The molecule has 1 aromatic rings. The standard InChI is InChI=1S/C13H20FN/c1-10(2)15(13(3,4)5)12-8-6-11(14)7-9-12/h6-10H,1-5H3. The molecular formula is C13H20FN. The number of halogens is 1. The van der Waals surface area contributed by atoms with Crippen molar-refractivity contribution in [3.63, 3.8) is 0 Å². The molecule has 2 heteroatoms. The molecule has 0 spiro atoms. The van der Waals surface area contributed by atoms with E-state index in [1.54, 1.807) is 0 Å². The number of nitrogens with zero attached hydrogens (tertiary/aromatic N) is 1. The third-order valence-electron chi connectivity index (χ3n) is 2.34. The molecular weight excluding hydrogens is 189 g/mol. The van der Waals surface area contributed by atoms with Gasteiger partial charge in [-0.05, 0) is 58.9 Å². The molecule has 0 aliphatic heterocycles. The highest BCUT2D eigenvalue weighted by Gasteiger charge is 2.23. The molecule has 84 valence electrons. The lowest BCUT2D eigenvalue weighted by Gasteiger charge is -2.41. The van der Waals surface area contributed by atoms with Crippen LogP contribution in [0.3, 0.4) is 0 Å². The molecule has 0 unspecified atom stereocenters. The first-order valence-corrected chi connectivity index (χ1v) is 5.37. The van der Waals surface area contributed by atoms with Crippen molar-refractivity contribution in [2.75, 3.05) is 4.90 Å². The Labute approximate surface area is 91.9 Å². The summed E-state index contributed by atoms with van der Waals surface area (Å²) in [4.78, 5) is 2.28. The Balaban J connectivity index is 3.05. The number of hydrogen-bond donors (Lipinski definition) is 0. The third-order valence-corrected chi connectivity index (χ3v) is 2.34. The predicted molar refractivity (Wildman–Crippen MR) is 63.8 cm³/mol. The van der Waals surface area contributed by atoms with E-state index in [4.69, 9.17) is 0 Å². The van der Waals surface area contributed by atoms with Crippen LogP contribution in [0, 0.1) is 5.82 Å². The van der Waals surface area contributed by atoms with Gasteiger partial charge in [-0.2, -0.15) is 0 Å². The molecule has 1 aromatic carbocycles. The van der Waals surface area contributed by atoms with Crippen molar-refractivity contribution in [3.05, 3.63) is 30.1 Å². The zero-order valence-corrected chi connectivity index (χ0v) is 10.2. The Morgan fingerprint density at radius 2 is 1.53 bits per heavy atom. The second-order valence-corrected chi connectivity index (χ2v) is 5.11. The molecule has 0 radical (unpaired) electrons. The molecule has 0 heterocycles. The number of anilines is 1. The molecule has 0 saturated carbocycles. The largest absolute Gasteiger partial charge is 0.364 e. The van der Waals surface area contributed by atoms with Gasteiger partial charge in [0, 0.05) is 17.3 Å². The minimum absolute atomic E-state index is 0.0476. The molecule has 0 bridgehead atoms. The highest BCUT2D eigenvalue weighted by atomic mass is 19.1. The molecule has 1 rings (SSSR count). The molecule has 0 aromatic heterocycles. The molecule has 15 heavy (non-hydrogen) atoms. The van der Waals surface area contributed by atoms with E-state index in [-0.39, 0.29) is 11.4 Å². The minimum atomic E-state index is -0.184. The molecule has 0 N–H and O–H groups in total. The topological polar surface area (TPSA) is 3.24 Å². The van der Waals surface area contributed by atoms with Crippen molar-refractivity contribution in [2.45, 2.75) is 46.2 Å². The maximum atomic E-state index is 12.8. The molecule has 0 aliphatic rings. The van der Waals surface area contributed by atoms with Crippen LogP contribution in [0.1, 0.15) is 34.6 Å². The summed E-state index contributed by atoms with van der Waals surface area (Å²) in [5, 5.41) is 0. The van der Waals surface area contributed by atoms with E-state index in [0.29, 0.717) is 6.04 Å². The van der Waals surface area contributed by atoms with Crippen molar-refractivity contribution in [1.82, 2.24) is 0 Å². The van der Waals surface area contributed by atoms with Gasteiger partial charge in [0.25, 0.3) is 0 Å². The van der Waals surface area contributed by atoms with Crippen LogP contribution in [-0.2, 0) is 0 Å². The first kappa shape index (κ1) is 12.0. The fourth-order valence-electron chi connectivity index (χ4n) is 2.06. The summed E-state index contributed by atoms with van der Waals surface area (Å²) < 4.78 is 12.8. The quantitative estimate of drug-likeness (QED) is 0.715. The number of benzene rings is 1. The average molecular weight is 209 g/mol. The average Bonchev–Trinajstić information content (AvgIpc) is 2.05. The lowest BCUT2D eigenvalue weighted by molar-refractivity contribution is 0.465. The molecule has 0 amide bonds. The van der Waals surface area contributed by atoms with E-state index < -0.39 is 0 Å². The summed E-state index contributed by atoms with van der Waals surface area (Å²) in [6.07, 6.45) is 0. The van der Waals surface area contributed by atoms with Gasteiger partial charge in [0.15, 0.2) is 0 Å². The number of hydrogen-bond acceptors (Lipinski definition) is 1. The Morgan fingerprint density at radius 1 is 1.07 bits per heavy atom. The van der Waals surface area contributed by atoms with Gasteiger partial charge >= 0.3 is 0 Å². The van der Waals surface area contributed by atoms with Gasteiger partial charge in [-0.15, -0.1) is 0 Å². The van der Waals surface area contributed by atoms with Gasteiger partial charge in [-0.1, -0.05) is 0 Å². The van der Waals surface area contributed by atoms with Crippen LogP contribution in [0.15, 0.2) is 24.3 Å². The monoisotopic (exact) mass is 209 g/mol. The van der Waals surface area contributed by atoms with Gasteiger partial charge in [-0.3, -0.25) is 0 Å². The second kappa shape index (κ2) is 4.21. The smallest absolute Gasteiger partial charge is 0.123 e. The molecule has 0 atom stereocenters. The van der Waals surface area contributed by atoms with Gasteiger partial charge in [0.05, 0.1) is 0 Å². The van der Waals surface area contributed by atoms with Crippen LogP contribution in [0.5, 0.6) is 0 Å². The first-order chi connectivity index (χ1) is 6.82. The zero-order valence-electron chi connectivity index (χ0n) is 10.2. The van der Waals surface area contributed by atoms with Crippen LogP contribution in [0.25, 0.3) is 0 Å². The van der Waals surface area contributed by atoms with Crippen molar-refractivity contribution < 1.29 is 4.39 Å². The fraction of sp³-hybridized carbons (Fsp3) is 0.538. The lowest BCUT2D eigenvalue weighted by atomic mass is 10.0. The van der Waals surface area contributed by atoms with Gasteiger partial charge in [-0.25, -0.2) is 4.39 Å². The summed E-state index contributed by atoms with van der Waals surface area (Å²) >= 11 is 0. The van der Waals surface area contributed by atoms with E-state index in [0.717, 1.165) is 5.69 Å². The highest BCUT2D eigenvalue weighted by molar-refractivity contribution is 5.49. The maximum Gasteiger partial charge on any atom is 0.123 e. The van der Waals surface area contributed by atoms with E-state index in [1.165, 1.54) is 12.1 Å². The van der Waals surface area contributed by atoms with Crippen molar-refractivity contribution in [2.24, 2.45) is 0 Å². The van der Waals surface area contributed by atoms with Crippen LogP contribution >= 0.6 is 0 Å². The van der Waals surface area contributed by atoms with Crippen molar-refractivity contribution in [3.8, 4) is 0 Å². The van der Waals surface area contributed by atoms with Crippen LogP contribution in [0.2, 0.25) is 0 Å². The third kappa shape index (κ3) is 2.95. The predicted octanol–water partition coefficient (Wildman–Crippen LogP) is 3.84. The van der Waals surface area contributed by atoms with E-state index in [2.05, 4.69) is 39.5 Å². The van der Waals surface area contributed by atoms with Crippen LogP contribution in [0.4, 0.5) is 10.1 Å². The van der Waals surface area contributed by atoms with E-state index in [1.807, 2.05) is 12.1 Å². The first-order valence-electron chi connectivity index (χ1n) is 5.37. The number of rotatable bonds is 2. The summed E-state index contributed by atoms with van der Waals surface area (Å²) in [6.45, 7) is 10.8. The Morgan fingerprint density at radius 3 is 1.87 bits per heavy atom. The summed E-state index contributed by atoms with van der Waals surface area (Å²) in [5.74, 6) is -0.184. The van der Waals surface area contributed by atoms with Gasteiger partial charge in [0.1, 0.15) is 5.82 Å². The van der Waals surface area contributed by atoms with Gasteiger partial charge < -0.3 is 4.90 Å². The maximum absolute atomic E-state index is 12.8. The highest BCUT2D eigenvalue weighted by Crippen LogP contribution is 2.26. The SMILES string of the molecule is CC(C)N(c1ccc(F)cc1)C(C)(C)C. The van der Waals surface area contributed by atoms with Gasteiger partial charge in [0.2, 0.25) is 0 Å². The fourth-order valence-corrected chi connectivity index (χ4v) is 2.06. The van der Waals surface area contributed by atoms with Crippen molar-refractivity contribution in [1.29, 1.82) is 0 Å². The molecule has 0 saturated heterocycles. The Bertz CT molecular complexity index is 308. The van der Waals surface area contributed by atoms with E-state index in [9.17, 15) is 4.39 Å². The Hall–Kier alpha value is -1.05. The molecule has 0 fully saturated rings.